The van der Waals surface area contributed by atoms with Crippen LogP contribution in [0.5, 0.6) is 0 Å². The molecule has 0 aliphatic heterocycles. The molecule has 0 fully saturated rings. The van der Waals surface area contributed by atoms with E-state index in [9.17, 15) is 4.79 Å². The number of fused-ring (bicyclic) bond motifs is 1. The molecule has 32 heavy (non-hydrogen) atoms. The predicted octanol–water partition coefficient (Wildman–Crippen LogP) is 2.32. The van der Waals surface area contributed by atoms with Crippen molar-refractivity contribution >= 4 is 17.1 Å². The van der Waals surface area contributed by atoms with Crippen molar-refractivity contribution in [1.82, 2.24) is 19.7 Å². The van der Waals surface area contributed by atoms with Gasteiger partial charge in [0.05, 0.1) is 26.4 Å². The molecule has 0 saturated heterocycles. The second-order valence-corrected chi connectivity index (χ2v) is 7.25. The number of hydrogen-bond donors (Lipinski definition) is 2. The van der Waals surface area contributed by atoms with Crippen LogP contribution in [-0.2, 0) is 22.7 Å². The van der Waals surface area contributed by atoms with Crippen LogP contribution in [0.25, 0.3) is 11.2 Å². The van der Waals surface area contributed by atoms with Gasteiger partial charge in [0.1, 0.15) is 6.33 Å². The van der Waals surface area contributed by atoms with E-state index in [0.717, 1.165) is 11.1 Å². The zero-order chi connectivity index (χ0) is 22.2. The molecule has 0 aliphatic rings. The lowest BCUT2D eigenvalue weighted by Crippen LogP contribution is -2.31. The Balaban J connectivity index is 1.40. The number of H-pyrrole nitrogens is 1. The minimum Gasteiger partial charge on any atom is -0.405 e. The van der Waals surface area contributed by atoms with Crippen molar-refractivity contribution in [2.24, 2.45) is 0 Å². The van der Waals surface area contributed by atoms with Crippen LogP contribution in [0, 0.1) is 0 Å². The Hall–Kier alpha value is -3.69. The molecular formula is C23H25N5O4. The summed E-state index contributed by atoms with van der Waals surface area (Å²) in [7, 11) is 0. The Kier molecular flexibility index (Phi) is 7.11. The largest absolute Gasteiger partial charge is 0.405 e. The van der Waals surface area contributed by atoms with Gasteiger partial charge in [0.25, 0.3) is 5.56 Å². The molecule has 2 heterocycles. The average molecular weight is 435 g/mol. The number of rotatable bonds is 11. The number of aromatic nitrogens is 4. The van der Waals surface area contributed by atoms with E-state index >= 15 is 0 Å². The van der Waals surface area contributed by atoms with Gasteiger partial charge in [0, 0.05) is 6.42 Å². The standard InChI is InChI=1S/C23H25N5O4/c24-23-26-21-20(22(29)27-23)25-16-28(21)32-19(15-31-14-18-9-5-2-6-10-18)11-12-30-13-17-7-3-1-4-8-17/h1-10,16,19H,11-15H2,(H3,24,26,27,29)/t19-/m1/s1. The summed E-state index contributed by atoms with van der Waals surface area (Å²) in [6.45, 7) is 1.76. The first-order valence-electron chi connectivity index (χ1n) is 10.3. The van der Waals surface area contributed by atoms with E-state index in [-0.39, 0.29) is 23.2 Å². The molecule has 0 bridgehead atoms. The number of nitrogens with zero attached hydrogens (tertiary/aromatic N) is 3. The van der Waals surface area contributed by atoms with Gasteiger partial charge in [-0.3, -0.25) is 9.78 Å². The van der Waals surface area contributed by atoms with Gasteiger partial charge in [-0.05, 0) is 11.1 Å². The number of nitrogen functional groups attached to an aromatic ring is 1. The summed E-state index contributed by atoms with van der Waals surface area (Å²) in [5.41, 5.74) is 7.84. The van der Waals surface area contributed by atoms with Gasteiger partial charge in [-0.1, -0.05) is 60.7 Å². The van der Waals surface area contributed by atoms with E-state index < -0.39 is 5.56 Å². The van der Waals surface area contributed by atoms with Crippen LogP contribution in [0.1, 0.15) is 17.5 Å². The van der Waals surface area contributed by atoms with E-state index in [1.165, 1.54) is 11.1 Å². The van der Waals surface area contributed by atoms with Crippen LogP contribution >= 0.6 is 0 Å². The van der Waals surface area contributed by atoms with Crippen LogP contribution in [0.4, 0.5) is 5.95 Å². The van der Waals surface area contributed by atoms with Crippen molar-refractivity contribution in [2.45, 2.75) is 25.7 Å². The molecule has 1 atom stereocenters. The van der Waals surface area contributed by atoms with Crippen LogP contribution in [0.2, 0.25) is 0 Å². The highest BCUT2D eigenvalue weighted by molar-refractivity contribution is 5.69. The summed E-state index contributed by atoms with van der Waals surface area (Å²) < 4.78 is 13.0. The summed E-state index contributed by atoms with van der Waals surface area (Å²) in [6.07, 6.45) is 1.62. The first kappa shape index (κ1) is 21.5. The Labute approximate surface area is 184 Å². The van der Waals surface area contributed by atoms with E-state index in [1.54, 1.807) is 0 Å². The van der Waals surface area contributed by atoms with E-state index in [4.69, 9.17) is 20.0 Å². The number of benzene rings is 2. The molecule has 0 aliphatic carbocycles. The van der Waals surface area contributed by atoms with E-state index in [1.807, 2.05) is 60.7 Å². The quantitative estimate of drug-likeness (QED) is 0.347. The van der Waals surface area contributed by atoms with E-state index in [0.29, 0.717) is 32.8 Å². The maximum absolute atomic E-state index is 12.0. The van der Waals surface area contributed by atoms with Crippen molar-refractivity contribution in [3.8, 4) is 0 Å². The fourth-order valence-electron chi connectivity index (χ4n) is 3.17. The third-order valence-corrected chi connectivity index (χ3v) is 4.77. The third kappa shape index (κ3) is 5.71. The smallest absolute Gasteiger partial charge is 0.280 e. The maximum Gasteiger partial charge on any atom is 0.280 e. The van der Waals surface area contributed by atoms with Gasteiger partial charge in [-0.25, -0.2) is 4.98 Å². The van der Waals surface area contributed by atoms with Crippen LogP contribution in [0.3, 0.4) is 0 Å². The fourth-order valence-corrected chi connectivity index (χ4v) is 3.17. The molecule has 0 radical (unpaired) electrons. The minimum absolute atomic E-state index is 0.00378. The first-order chi connectivity index (χ1) is 15.7. The molecule has 166 valence electrons. The highest BCUT2D eigenvalue weighted by Crippen LogP contribution is 2.09. The number of nitrogens with one attached hydrogen (secondary N) is 1. The van der Waals surface area contributed by atoms with Gasteiger partial charge in [0.15, 0.2) is 11.6 Å². The lowest BCUT2D eigenvalue weighted by molar-refractivity contribution is -0.0418. The fraction of sp³-hybridized carbons (Fsp3) is 0.261. The molecule has 4 aromatic rings. The third-order valence-electron chi connectivity index (χ3n) is 4.77. The van der Waals surface area contributed by atoms with Crippen LogP contribution in [-0.4, -0.2) is 39.0 Å². The maximum atomic E-state index is 12.0. The highest BCUT2D eigenvalue weighted by Gasteiger charge is 2.16. The molecule has 9 nitrogen and oxygen atoms in total. The molecular weight excluding hydrogens is 410 g/mol. The van der Waals surface area contributed by atoms with Crippen molar-refractivity contribution in [3.05, 3.63) is 88.5 Å². The normalized spacial score (nSPS) is 12.1. The Morgan fingerprint density at radius 1 is 0.969 bits per heavy atom. The number of imidazole rings is 1. The van der Waals surface area contributed by atoms with Crippen molar-refractivity contribution in [3.63, 3.8) is 0 Å². The molecule has 3 N–H and O–H groups in total. The predicted molar refractivity (Wildman–Crippen MR) is 120 cm³/mol. The molecule has 4 rings (SSSR count). The first-order valence-corrected chi connectivity index (χ1v) is 10.3. The number of hydrogen-bond acceptors (Lipinski definition) is 7. The summed E-state index contributed by atoms with van der Waals surface area (Å²) in [5, 5.41) is 0. The van der Waals surface area contributed by atoms with Crippen molar-refractivity contribution < 1.29 is 14.3 Å². The van der Waals surface area contributed by atoms with Gasteiger partial charge < -0.3 is 20.0 Å². The summed E-state index contributed by atoms with van der Waals surface area (Å²) >= 11 is 0. The summed E-state index contributed by atoms with van der Waals surface area (Å²) in [4.78, 5) is 28.7. The zero-order valence-electron chi connectivity index (χ0n) is 17.5. The number of ether oxygens (including phenoxy) is 2. The van der Waals surface area contributed by atoms with Gasteiger partial charge in [-0.15, -0.1) is 0 Å². The van der Waals surface area contributed by atoms with Gasteiger partial charge in [0.2, 0.25) is 11.6 Å². The molecule has 2 aromatic carbocycles. The minimum atomic E-state index is -0.419. The van der Waals surface area contributed by atoms with E-state index in [2.05, 4.69) is 15.0 Å². The number of anilines is 1. The Bertz CT molecular complexity index is 1180. The second kappa shape index (κ2) is 10.6. The summed E-state index contributed by atoms with van der Waals surface area (Å²) in [6, 6.07) is 19.9. The molecule has 0 unspecified atom stereocenters. The zero-order valence-corrected chi connectivity index (χ0v) is 17.5. The topological polar surface area (TPSA) is 117 Å². The molecule has 2 aromatic heterocycles. The monoisotopic (exact) mass is 435 g/mol. The SMILES string of the molecule is Nc1nc2c(ncn2O[C@H](CCOCc2ccccc2)COCc2ccccc2)c(=O)[nH]1. The second-order valence-electron chi connectivity index (χ2n) is 7.25. The Morgan fingerprint density at radius 2 is 1.62 bits per heavy atom. The molecule has 0 spiro atoms. The highest BCUT2D eigenvalue weighted by atomic mass is 16.7. The summed E-state index contributed by atoms with van der Waals surface area (Å²) in [5.74, 6) is -0.00378. The van der Waals surface area contributed by atoms with Crippen molar-refractivity contribution in [1.29, 1.82) is 0 Å². The molecule has 0 saturated carbocycles. The lowest BCUT2D eigenvalue weighted by Gasteiger charge is -2.19. The number of aromatic amines is 1. The molecule has 9 heteroatoms. The molecule has 0 amide bonds. The van der Waals surface area contributed by atoms with Gasteiger partial charge in [-0.2, -0.15) is 9.71 Å². The Morgan fingerprint density at radius 3 is 2.31 bits per heavy atom. The van der Waals surface area contributed by atoms with Crippen LogP contribution < -0.4 is 16.1 Å². The number of nitrogens with two attached hydrogens (primary N) is 1. The van der Waals surface area contributed by atoms with Crippen molar-refractivity contribution in [2.75, 3.05) is 18.9 Å². The average Bonchev–Trinajstić information content (AvgIpc) is 3.20. The van der Waals surface area contributed by atoms with Crippen LogP contribution in [0.15, 0.2) is 71.8 Å². The lowest BCUT2D eigenvalue weighted by atomic mass is 10.2. The van der Waals surface area contributed by atoms with Gasteiger partial charge >= 0.3 is 0 Å².